The summed E-state index contributed by atoms with van der Waals surface area (Å²) in [5.74, 6) is 0.866. The van der Waals surface area contributed by atoms with E-state index in [1.165, 1.54) is 9.44 Å². The first-order valence-corrected chi connectivity index (χ1v) is 11.5. The van der Waals surface area contributed by atoms with E-state index in [2.05, 4.69) is 15.0 Å². The zero-order valence-corrected chi connectivity index (χ0v) is 20.2. The van der Waals surface area contributed by atoms with Gasteiger partial charge in [0.05, 0.1) is 11.4 Å². The Morgan fingerprint density at radius 2 is 1.97 bits per heavy atom. The number of rotatable bonds is 6. The highest BCUT2D eigenvalue weighted by molar-refractivity contribution is 7.10. The minimum absolute atomic E-state index is 0.0793. The van der Waals surface area contributed by atoms with Gasteiger partial charge in [0.2, 0.25) is 5.88 Å². The number of nitrogens with zero attached hydrogens (tertiary/aromatic N) is 4. The van der Waals surface area contributed by atoms with E-state index < -0.39 is 11.2 Å². The molecule has 0 bridgehead atoms. The Balaban J connectivity index is 1.69. The molecule has 0 atom stereocenters. The number of aryl methyl sites for hydroxylation is 2. The van der Waals surface area contributed by atoms with E-state index in [4.69, 9.17) is 16.3 Å². The van der Waals surface area contributed by atoms with Gasteiger partial charge in [0, 0.05) is 22.2 Å². The molecule has 3 aromatic heterocycles. The van der Waals surface area contributed by atoms with Crippen LogP contribution < -0.4 is 10.3 Å². The fraction of sp³-hybridized carbons (Fsp3) is 0.250. The van der Waals surface area contributed by atoms with Crippen molar-refractivity contribution < 1.29 is 9.84 Å². The number of thiophene rings is 1. The van der Waals surface area contributed by atoms with Crippen LogP contribution in [0.3, 0.4) is 0 Å². The van der Waals surface area contributed by atoms with Gasteiger partial charge in [-0.05, 0) is 57.3 Å². The normalized spacial score (nSPS) is 11.6. The van der Waals surface area contributed by atoms with Crippen molar-refractivity contribution in [2.24, 2.45) is 0 Å². The smallest absolute Gasteiger partial charge is 0.280 e. The zero-order chi connectivity index (χ0) is 23.8. The first-order valence-electron chi connectivity index (χ1n) is 10.3. The average Bonchev–Trinajstić information content (AvgIpc) is 3.20. The van der Waals surface area contributed by atoms with Crippen molar-refractivity contribution in [3.63, 3.8) is 0 Å². The lowest BCUT2D eigenvalue weighted by atomic mass is 10.1. The lowest BCUT2D eigenvalue weighted by molar-refractivity contribution is 0.0688. The second-order valence-corrected chi connectivity index (χ2v) is 9.64. The monoisotopic (exact) mass is 482 g/mol. The minimum Gasteiger partial charge on any atom is -0.472 e. The van der Waals surface area contributed by atoms with Crippen LogP contribution in [0.2, 0.25) is 5.02 Å². The number of aromatic nitrogens is 4. The highest BCUT2D eigenvalue weighted by atomic mass is 35.5. The maximum Gasteiger partial charge on any atom is 0.280 e. The van der Waals surface area contributed by atoms with Gasteiger partial charge in [-0.2, -0.15) is 4.98 Å². The van der Waals surface area contributed by atoms with Crippen molar-refractivity contribution >= 4 is 22.9 Å². The first-order chi connectivity index (χ1) is 15.6. The van der Waals surface area contributed by atoms with Crippen molar-refractivity contribution in [3.05, 3.63) is 85.4 Å². The summed E-state index contributed by atoms with van der Waals surface area (Å²) in [5.41, 5.74) is 1.39. The predicted octanol–water partition coefficient (Wildman–Crippen LogP) is 4.83. The SMILES string of the molecule is Cc1cc(COc2nc(C)n(-c3cccc(-c4ccnc(C(C)(C)O)n4)c3)c(=O)c2Cl)cs1. The van der Waals surface area contributed by atoms with Crippen molar-refractivity contribution in [3.8, 4) is 22.8 Å². The lowest BCUT2D eigenvalue weighted by Crippen LogP contribution is -2.23. The molecule has 4 rings (SSSR count). The third-order valence-electron chi connectivity index (χ3n) is 4.93. The van der Waals surface area contributed by atoms with Crippen LogP contribution in [0.4, 0.5) is 0 Å². The van der Waals surface area contributed by atoms with E-state index >= 15 is 0 Å². The molecule has 9 heteroatoms. The van der Waals surface area contributed by atoms with Gasteiger partial charge < -0.3 is 9.84 Å². The van der Waals surface area contributed by atoms with Gasteiger partial charge in [-0.25, -0.2) is 9.97 Å². The third kappa shape index (κ3) is 4.98. The van der Waals surface area contributed by atoms with Gasteiger partial charge in [0.1, 0.15) is 18.0 Å². The summed E-state index contributed by atoms with van der Waals surface area (Å²) in [6.45, 7) is 7.28. The fourth-order valence-corrected chi connectivity index (χ4v) is 4.20. The van der Waals surface area contributed by atoms with E-state index in [1.807, 2.05) is 36.6 Å². The molecule has 0 saturated carbocycles. The van der Waals surface area contributed by atoms with Gasteiger partial charge >= 0.3 is 0 Å². The van der Waals surface area contributed by atoms with Crippen molar-refractivity contribution in [2.75, 3.05) is 0 Å². The van der Waals surface area contributed by atoms with Gasteiger partial charge in [0.15, 0.2) is 10.8 Å². The Bertz CT molecular complexity index is 1370. The standard InChI is InChI=1S/C24H23ClN4O3S/c1-14-10-16(13-33-14)12-32-21-20(25)22(30)29(15(2)27-21)18-7-5-6-17(11-18)19-8-9-26-23(28-19)24(3,4)31/h5-11,13,31H,12H2,1-4H3. The second kappa shape index (κ2) is 9.05. The van der Waals surface area contributed by atoms with Gasteiger partial charge in [-0.3, -0.25) is 9.36 Å². The number of ether oxygens (including phenoxy) is 1. The molecule has 3 heterocycles. The van der Waals surface area contributed by atoms with E-state index in [9.17, 15) is 9.90 Å². The summed E-state index contributed by atoms with van der Waals surface area (Å²) in [4.78, 5) is 27.3. The summed E-state index contributed by atoms with van der Waals surface area (Å²) >= 11 is 7.98. The molecular weight excluding hydrogens is 460 g/mol. The average molecular weight is 483 g/mol. The minimum atomic E-state index is -1.17. The molecule has 0 spiro atoms. The van der Waals surface area contributed by atoms with Gasteiger partial charge in [-0.1, -0.05) is 23.7 Å². The molecule has 0 aliphatic rings. The third-order valence-corrected chi connectivity index (χ3v) is 6.16. The largest absolute Gasteiger partial charge is 0.472 e. The van der Waals surface area contributed by atoms with Crippen LogP contribution >= 0.6 is 22.9 Å². The maximum atomic E-state index is 13.1. The maximum absolute atomic E-state index is 13.1. The van der Waals surface area contributed by atoms with E-state index in [0.29, 0.717) is 23.0 Å². The van der Waals surface area contributed by atoms with Crippen LogP contribution in [0, 0.1) is 13.8 Å². The number of benzene rings is 1. The molecule has 0 fully saturated rings. The van der Waals surface area contributed by atoms with E-state index in [-0.39, 0.29) is 17.5 Å². The van der Waals surface area contributed by atoms with Crippen molar-refractivity contribution in [1.29, 1.82) is 0 Å². The van der Waals surface area contributed by atoms with Gasteiger partial charge in [-0.15, -0.1) is 11.3 Å². The van der Waals surface area contributed by atoms with E-state index in [0.717, 1.165) is 11.1 Å². The van der Waals surface area contributed by atoms with Crippen molar-refractivity contribution in [1.82, 2.24) is 19.5 Å². The molecule has 4 aromatic rings. The van der Waals surface area contributed by atoms with Crippen LogP contribution in [0.1, 0.15) is 35.9 Å². The Morgan fingerprint density at radius 1 is 1.18 bits per heavy atom. The number of hydrogen-bond acceptors (Lipinski definition) is 7. The number of hydrogen-bond donors (Lipinski definition) is 1. The molecule has 0 amide bonds. The first kappa shape index (κ1) is 23.1. The summed E-state index contributed by atoms with van der Waals surface area (Å²) < 4.78 is 7.17. The summed E-state index contributed by atoms with van der Waals surface area (Å²) in [5, 5.41) is 12.2. The summed E-state index contributed by atoms with van der Waals surface area (Å²) in [6.07, 6.45) is 1.60. The molecule has 170 valence electrons. The Morgan fingerprint density at radius 3 is 2.67 bits per heavy atom. The van der Waals surface area contributed by atoms with Crippen molar-refractivity contribution in [2.45, 2.75) is 39.9 Å². The highest BCUT2D eigenvalue weighted by Crippen LogP contribution is 2.25. The van der Waals surface area contributed by atoms with Crippen LogP contribution in [0.25, 0.3) is 16.9 Å². The molecule has 0 saturated heterocycles. The molecule has 1 aromatic carbocycles. The van der Waals surface area contributed by atoms with Gasteiger partial charge in [0.25, 0.3) is 5.56 Å². The highest BCUT2D eigenvalue weighted by Gasteiger charge is 2.20. The fourth-order valence-electron chi connectivity index (χ4n) is 3.33. The number of halogens is 1. The molecule has 0 radical (unpaired) electrons. The van der Waals surface area contributed by atoms with Crippen LogP contribution in [0.5, 0.6) is 5.88 Å². The van der Waals surface area contributed by atoms with Crippen LogP contribution in [0.15, 0.2) is 52.8 Å². The molecule has 0 unspecified atom stereocenters. The predicted molar refractivity (Wildman–Crippen MR) is 129 cm³/mol. The Labute approximate surface area is 200 Å². The van der Waals surface area contributed by atoms with Crippen LogP contribution in [-0.4, -0.2) is 24.6 Å². The summed E-state index contributed by atoms with van der Waals surface area (Å²) in [6, 6.07) is 11.1. The van der Waals surface area contributed by atoms with Crippen LogP contribution in [-0.2, 0) is 12.2 Å². The summed E-state index contributed by atoms with van der Waals surface area (Å²) in [7, 11) is 0. The molecule has 33 heavy (non-hydrogen) atoms. The molecule has 0 aliphatic carbocycles. The quantitative estimate of drug-likeness (QED) is 0.423. The Kier molecular flexibility index (Phi) is 6.34. The molecule has 1 N–H and O–H groups in total. The second-order valence-electron chi connectivity index (χ2n) is 8.15. The zero-order valence-electron chi connectivity index (χ0n) is 18.7. The lowest BCUT2D eigenvalue weighted by Gasteiger charge is -2.16. The molecular formula is C24H23ClN4O3S. The Hall–Kier alpha value is -3.07. The van der Waals surface area contributed by atoms with E-state index in [1.54, 1.807) is 50.4 Å². The topological polar surface area (TPSA) is 90.1 Å². The number of aliphatic hydroxyl groups is 1. The molecule has 0 aliphatic heterocycles. The molecule has 7 nitrogen and oxygen atoms in total.